The van der Waals surface area contributed by atoms with Crippen LogP contribution in [-0.2, 0) is 26.1 Å². The van der Waals surface area contributed by atoms with E-state index in [1.807, 2.05) is 6.20 Å². The second kappa shape index (κ2) is 7.81. The molecule has 6 rings (SSSR count). The fourth-order valence-corrected chi connectivity index (χ4v) is 5.94. The summed E-state index contributed by atoms with van der Waals surface area (Å²) in [6.45, 7) is 9.89. The quantitative estimate of drug-likeness (QED) is 0.763. The fraction of sp³-hybridized carbons (Fsp3) is 0.609. The molecule has 8 nitrogen and oxygen atoms in total. The molecule has 0 amide bonds. The third-order valence-corrected chi connectivity index (χ3v) is 7.52. The Balaban J connectivity index is 1.28. The lowest BCUT2D eigenvalue weighted by Gasteiger charge is -2.33. The number of hydrogen-bond acceptors (Lipinski definition) is 7. The van der Waals surface area contributed by atoms with Gasteiger partial charge < -0.3 is 19.5 Å². The van der Waals surface area contributed by atoms with Crippen molar-refractivity contribution in [3.63, 3.8) is 0 Å². The molecule has 170 valence electrons. The Bertz CT molecular complexity index is 1040. The predicted octanol–water partition coefficient (Wildman–Crippen LogP) is 1.94. The number of halogens is 1. The van der Waals surface area contributed by atoms with Gasteiger partial charge in [0.1, 0.15) is 24.4 Å². The summed E-state index contributed by atoms with van der Waals surface area (Å²) in [5.41, 5.74) is 3.18. The van der Waals surface area contributed by atoms with Gasteiger partial charge in [-0.1, -0.05) is 6.58 Å². The highest BCUT2D eigenvalue weighted by Crippen LogP contribution is 2.40. The zero-order chi connectivity index (χ0) is 21.7. The van der Waals surface area contributed by atoms with Crippen LogP contribution in [0.15, 0.2) is 12.8 Å². The first-order chi connectivity index (χ1) is 15.6. The van der Waals surface area contributed by atoms with Crippen LogP contribution in [0.4, 0.5) is 10.2 Å². The van der Waals surface area contributed by atoms with Gasteiger partial charge in [-0.3, -0.25) is 4.90 Å². The molecule has 0 aromatic carbocycles. The van der Waals surface area contributed by atoms with Gasteiger partial charge in [0.2, 0.25) is 0 Å². The lowest BCUT2D eigenvalue weighted by Crippen LogP contribution is -2.43. The molecule has 0 spiro atoms. The van der Waals surface area contributed by atoms with Crippen molar-refractivity contribution in [3.8, 4) is 6.01 Å². The van der Waals surface area contributed by atoms with E-state index >= 15 is 0 Å². The molecule has 2 saturated heterocycles. The minimum absolute atomic E-state index is 0.199. The Hall–Kier alpha value is -2.52. The molecule has 2 atom stereocenters. The van der Waals surface area contributed by atoms with Crippen molar-refractivity contribution in [2.45, 2.75) is 57.0 Å². The molecule has 4 aliphatic heterocycles. The molecular weight excluding hydrogens is 409 g/mol. The van der Waals surface area contributed by atoms with E-state index in [0.717, 1.165) is 81.6 Å². The Morgan fingerprint density at radius 3 is 3.16 bits per heavy atom. The van der Waals surface area contributed by atoms with E-state index in [2.05, 4.69) is 31.2 Å². The van der Waals surface area contributed by atoms with Crippen molar-refractivity contribution in [3.05, 3.63) is 35.6 Å². The minimum atomic E-state index is -0.762. The Morgan fingerprint density at radius 2 is 2.25 bits per heavy atom. The summed E-state index contributed by atoms with van der Waals surface area (Å²) in [6, 6.07) is 0.414. The zero-order valence-electron chi connectivity index (χ0n) is 18.4. The van der Waals surface area contributed by atoms with Gasteiger partial charge in [-0.05, 0) is 38.4 Å². The van der Waals surface area contributed by atoms with Crippen LogP contribution in [0.5, 0.6) is 6.01 Å². The van der Waals surface area contributed by atoms with Crippen LogP contribution in [0.25, 0.3) is 6.08 Å². The molecule has 2 fully saturated rings. The number of aromatic nitrogens is 4. The van der Waals surface area contributed by atoms with Crippen molar-refractivity contribution < 1.29 is 9.13 Å². The molecule has 0 saturated carbocycles. The first kappa shape index (κ1) is 20.1. The molecule has 0 unspecified atom stereocenters. The Morgan fingerprint density at radius 1 is 1.31 bits per heavy atom. The topological polar surface area (TPSA) is 71.3 Å². The lowest BCUT2D eigenvalue weighted by atomic mass is 9.95. The van der Waals surface area contributed by atoms with Gasteiger partial charge in [-0.2, -0.15) is 9.97 Å². The average Bonchev–Trinajstić information content (AvgIpc) is 3.48. The van der Waals surface area contributed by atoms with Crippen LogP contribution in [0, 0.1) is 0 Å². The fourth-order valence-electron chi connectivity index (χ4n) is 5.94. The molecular formula is C23H30FN7O. The molecule has 0 bridgehead atoms. The smallest absolute Gasteiger partial charge is 0.318 e. The molecule has 0 radical (unpaired) electrons. The van der Waals surface area contributed by atoms with E-state index in [1.165, 1.54) is 5.56 Å². The van der Waals surface area contributed by atoms with E-state index in [4.69, 9.17) is 14.7 Å². The summed E-state index contributed by atoms with van der Waals surface area (Å²) in [5.74, 6) is 1.88. The van der Waals surface area contributed by atoms with E-state index in [9.17, 15) is 4.39 Å². The predicted molar refractivity (Wildman–Crippen MR) is 119 cm³/mol. The first-order valence-electron chi connectivity index (χ1n) is 11.7. The van der Waals surface area contributed by atoms with Crippen LogP contribution in [-0.4, -0.2) is 68.9 Å². The van der Waals surface area contributed by atoms with Crippen molar-refractivity contribution >= 4 is 11.9 Å². The number of nitrogens with one attached hydrogen (secondary N) is 1. The van der Waals surface area contributed by atoms with Crippen LogP contribution in [0.3, 0.4) is 0 Å². The van der Waals surface area contributed by atoms with Gasteiger partial charge in [-0.25, -0.2) is 9.37 Å². The van der Waals surface area contributed by atoms with E-state index in [-0.39, 0.29) is 5.54 Å². The van der Waals surface area contributed by atoms with Gasteiger partial charge in [0, 0.05) is 38.2 Å². The van der Waals surface area contributed by atoms with E-state index in [1.54, 1.807) is 6.08 Å². The number of hydrogen-bond donors (Lipinski definition) is 1. The van der Waals surface area contributed by atoms with Gasteiger partial charge >= 0.3 is 6.01 Å². The molecule has 6 heterocycles. The standard InChI is InChI=1S/C23H30FN7O/c1-2-20-26-11-17-14-29(8-9-31(17)20)21-18-4-6-25-12-19(18)27-22(28-21)32-15-23-5-3-7-30(23)13-16(24)10-23/h2,11,16,25H,1,3-10,12-15H2/t16-,23+/m1/s1. The summed E-state index contributed by atoms with van der Waals surface area (Å²) >= 11 is 0. The maximum atomic E-state index is 14.1. The molecule has 32 heavy (non-hydrogen) atoms. The average molecular weight is 440 g/mol. The molecule has 2 aromatic heterocycles. The largest absolute Gasteiger partial charge is 0.461 e. The maximum Gasteiger partial charge on any atom is 0.318 e. The Kier molecular flexibility index (Phi) is 4.91. The second-order valence-corrected chi connectivity index (χ2v) is 9.43. The van der Waals surface area contributed by atoms with Crippen molar-refractivity contribution in [2.75, 3.05) is 37.7 Å². The number of nitrogens with zero attached hydrogens (tertiary/aromatic N) is 6. The summed E-state index contributed by atoms with van der Waals surface area (Å²) < 4.78 is 22.6. The summed E-state index contributed by atoms with van der Waals surface area (Å²) in [4.78, 5) is 18.7. The van der Waals surface area contributed by atoms with Crippen LogP contribution < -0.4 is 15.0 Å². The molecule has 4 aliphatic rings. The van der Waals surface area contributed by atoms with Crippen LogP contribution >= 0.6 is 0 Å². The third kappa shape index (κ3) is 3.29. The monoisotopic (exact) mass is 439 g/mol. The summed E-state index contributed by atoms with van der Waals surface area (Å²) in [5, 5.41) is 3.42. The number of ether oxygens (including phenoxy) is 1. The number of anilines is 1. The normalized spacial score (nSPS) is 27.2. The molecule has 0 aliphatic carbocycles. The van der Waals surface area contributed by atoms with Crippen molar-refractivity contribution in [1.82, 2.24) is 29.7 Å². The first-order valence-corrected chi connectivity index (χ1v) is 11.7. The minimum Gasteiger partial charge on any atom is -0.461 e. The highest BCUT2D eigenvalue weighted by Gasteiger charge is 2.49. The van der Waals surface area contributed by atoms with Gasteiger partial charge in [0.15, 0.2) is 0 Å². The third-order valence-electron chi connectivity index (χ3n) is 7.52. The molecule has 2 aromatic rings. The maximum absolute atomic E-state index is 14.1. The van der Waals surface area contributed by atoms with Gasteiger partial charge in [-0.15, -0.1) is 0 Å². The highest BCUT2D eigenvalue weighted by molar-refractivity contribution is 5.52. The number of alkyl halides is 1. The van der Waals surface area contributed by atoms with E-state index in [0.29, 0.717) is 25.6 Å². The van der Waals surface area contributed by atoms with E-state index < -0.39 is 6.17 Å². The number of imidazole rings is 1. The summed E-state index contributed by atoms with van der Waals surface area (Å²) in [6.07, 6.45) is 6.51. The lowest BCUT2D eigenvalue weighted by molar-refractivity contribution is 0.107. The SMILES string of the molecule is C=Cc1ncc2n1CCN(c1nc(OC[C@@]34CCCN3C[C@H](F)C4)nc3c1CCNC3)C2. The van der Waals surface area contributed by atoms with Crippen LogP contribution in [0.2, 0.25) is 0 Å². The Labute approximate surface area is 187 Å². The van der Waals surface area contributed by atoms with Crippen molar-refractivity contribution in [2.24, 2.45) is 0 Å². The molecule has 1 N–H and O–H groups in total. The van der Waals surface area contributed by atoms with Crippen LogP contribution in [0.1, 0.15) is 42.0 Å². The zero-order valence-corrected chi connectivity index (χ0v) is 18.4. The summed E-state index contributed by atoms with van der Waals surface area (Å²) in [7, 11) is 0. The van der Waals surface area contributed by atoms with Gasteiger partial charge in [0.25, 0.3) is 0 Å². The number of fused-ring (bicyclic) bond motifs is 3. The molecule has 9 heteroatoms. The highest BCUT2D eigenvalue weighted by atomic mass is 19.1. The van der Waals surface area contributed by atoms with Gasteiger partial charge in [0.05, 0.1) is 29.7 Å². The van der Waals surface area contributed by atoms with Crippen molar-refractivity contribution in [1.29, 1.82) is 0 Å². The second-order valence-electron chi connectivity index (χ2n) is 9.43. The number of rotatable bonds is 5.